The van der Waals surface area contributed by atoms with Crippen LogP contribution in [0.25, 0.3) is 10.9 Å². The molecule has 5 heterocycles. The molecule has 1 amide bonds. The Morgan fingerprint density at radius 3 is 2.95 bits per heavy atom. The van der Waals surface area contributed by atoms with Gasteiger partial charge in [0.1, 0.15) is 5.82 Å². The second kappa shape index (κ2) is 9.24. The van der Waals surface area contributed by atoms with Crippen LogP contribution >= 0.6 is 0 Å². The van der Waals surface area contributed by atoms with Gasteiger partial charge in [0.25, 0.3) is 5.91 Å². The molecular formula is C26H26N6O4S. The van der Waals surface area contributed by atoms with Crippen molar-refractivity contribution < 1.29 is 17.9 Å². The van der Waals surface area contributed by atoms with Crippen molar-refractivity contribution in [3.63, 3.8) is 0 Å². The number of nitrogens with zero attached hydrogens (tertiary/aromatic N) is 5. The summed E-state index contributed by atoms with van der Waals surface area (Å²) < 4.78 is 32.5. The number of benzene rings is 1. The van der Waals surface area contributed by atoms with E-state index in [4.69, 9.17) is 9.72 Å². The van der Waals surface area contributed by atoms with Crippen LogP contribution in [-0.4, -0.2) is 52.7 Å². The summed E-state index contributed by atoms with van der Waals surface area (Å²) in [5, 5.41) is 3.74. The third kappa shape index (κ3) is 4.44. The minimum absolute atomic E-state index is 0.0971. The first-order valence-electron chi connectivity index (χ1n) is 12.1. The Labute approximate surface area is 214 Å². The molecule has 6 rings (SSSR count). The number of pyridine rings is 2. The number of sulfone groups is 1. The Morgan fingerprint density at radius 2 is 2.05 bits per heavy atom. The van der Waals surface area contributed by atoms with Crippen molar-refractivity contribution in [3.05, 3.63) is 71.4 Å². The number of aryl methyl sites for hydroxylation is 1. The first-order valence-corrected chi connectivity index (χ1v) is 13.8. The number of aromatic nitrogens is 4. The van der Waals surface area contributed by atoms with Gasteiger partial charge in [-0.25, -0.2) is 18.4 Å². The molecule has 0 unspecified atom stereocenters. The molecule has 0 saturated heterocycles. The average Bonchev–Trinajstić information content (AvgIpc) is 3.22. The molecule has 0 radical (unpaired) electrons. The molecule has 2 aliphatic heterocycles. The summed E-state index contributed by atoms with van der Waals surface area (Å²) >= 11 is 0. The van der Waals surface area contributed by atoms with Crippen molar-refractivity contribution in [3.8, 4) is 0 Å². The van der Waals surface area contributed by atoms with Crippen molar-refractivity contribution in [1.29, 1.82) is 0 Å². The minimum Gasteiger partial charge on any atom is -0.376 e. The van der Waals surface area contributed by atoms with Crippen LogP contribution in [0.3, 0.4) is 0 Å². The van der Waals surface area contributed by atoms with Crippen molar-refractivity contribution in [2.75, 3.05) is 23.8 Å². The lowest BCUT2D eigenvalue weighted by molar-refractivity contribution is 0.0950. The van der Waals surface area contributed by atoms with Crippen LogP contribution in [0.15, 0.2) is 53.8 Å². The molecule has 2 aliphatic rings. The Kier molecular flexibility index (Phi) is 5.88. The van der Waals surface area contributed by atoms with Crippen LogP contribution in [0.5, 0.6) is 0 Å². The van der Waals surface area contributed by atoms with Gasteiger partial charge in [-0.05, 0) is 48.7 Å². The molecule has 190 valence electrons. The normalized spacial score (nSPS) is 16.6. The van der Waals surface area contributed by atoms with E-state index in [9.17, 15) is 13.2 Å². The van der Waals surface area contributed by atoms with Crippen molar-refractivity contribution in [1.82, 2.24) is 24.8 Å². The van der Waals surface area contributed by atoms with Gasteiger partial charge in [0.05, 0.1) is 53.6 Å². The van der Waals surface area contributed by atoms with Gasteiger partial charge in [0, 0.05) is 30.7 Å². The Balaban J connectivity index is 1.22. The summed E-state index contributed by atoms with van der Waals surface area (Å²) in [6, 6.07) is 10.5. The highest BCUT2D eigenvalue weighted by Gasteiger charge is 2.25. The molecule has 11 heteroatoms. The predicted molar refractivity (Wildman–Crippen MR) is 137 cm³/mol. The van der Waals surface area contributed by atoms with Crippen LogP contribution in [0.2, 0.25) is 0 Å². The summed E-state index contributed by atoms with van der Waals surface area (Å²) in [5.74, 6) is 1.29. The van der Waals surface area contributed by atoms with E-state index in [0.717, 1.165) is 41.9 Å². The van der Waals surface area contributed by atoms with Gasteiger partial charge in [0.2, 0.25) is 0 Å². The quantitative estimate of drug-likeness (QED) is 0.438. The smallest absolute Gasteiger partial charge is 0.251 e. The van der Waals surface area contributed by atoms with E-state index in [1.807, 2.05) is 31.6 Å². The number of anilines is 2. The Morgan fingerprint density at radius 1 is 1.16 bits per heavy atom. The number of fused-ring (bicyclic) bond motifs is 3. The molecule has 37 heavy (non-hydrogen) atoms. The lowest BCUT2D eigenvalue weighted by Gasteiger charge is -2.27. The molecule has 1 N–H and O–H groups in total. The molecule has 0 bridgehead atoms. The molecule has 0 fully saturated rings. The van der Waals surface area contributed by atoms with Crippen LogP contribution in [0.1, 0.15) is 33.7 Å². The second-order valence-corrected chi connectivity index (χ2v) is 11.4. The lowest BCUT2D eigenvalue weighted by Crippen LogP contribution is -2.26. The zero-order chi connectivity index (χ0) is 25.6. The van der Waals surface area contributed by atoms with Gasteiger partial charge in [0.15, 0.2) is 15.7 Å². The SMILES string of the molecule is Cn1cnc2c1CCCN2c1ccc2cnc(CNC(=O)c3ccc4c(c3)S(=O)(=O)CCOC4)cc2n1. The topological polar surface area (TPSA) is 119 Å². The summed E-state index contributed by atoms with van der Waals surface area (Å²) in [6.45, 7) is 1.38. The zero-order valence-corrected chi connectivity index (χ0v) is 21.2. The van der Waals surface area contributed by atoms with Crippen LogP contribution in [-0.2, 0) is 41.2 Å². The lowest BCUT2D eigenvalue weighted by atomic mass is 10.1. The van der Waals surface area contributed by atoms with Gasteiger partial charge in [-0.1, -0.05) is 6.07 Å². The van der Waals surface area contributed by atoms with Gasteiger partial charge in [-0.15, -0.1) is 0 Å². The maximum absolute atomic E-state index is 12.8. The molecule has 0 spiro atoms. The number of hydrogen-bond acceptors (Lipinski definition) is 8. The number of hydrogen-bond donors (Lipinski definition) is 1. The fourth-order valence-electron chi connectivity index (χ4n) is 4.82. The first-order chi connectivity index (χ1) is 17.9. The van der Waals surface area contributed by atoms with E-state index in [-0.39, 0.29) is 41.9 Å². The highest BCUT2D eigenvalue weighted by atomic mass is 32.2. The third-order valence-electron chi connectivity index (χ3n) is 6.83. The highest BCUT2D eigenvalue weighted by Crippen LogP contribution is 2.31. The first kappa shape index (κ1) is 23.6. The summed E-state index contributed by atoms with van der Waals surface area (Å²) in [5.41, 5.74) is 3.47. The maximum Gasteiger partial charge on any atom is 0.251 e. The number of carbonyl (C=O) groups is 1. The highest BCUT2D eigenvalue weighted by molar-refractivity contribution is 7.91. The van der Waals surface area contributed by atoms with Gasteiger partial charge in [-0.2, -0.15) is 0 Å². The summed E-state index contributed by atoms with van der Waals surface area (Å²) in [7, 11) is -1.48. The van der Waals surface area contributed by atoms with E-state index in [2.05, 4.69) is 24.8 Å². The molecule has 0 atom stereocenters. The zero-order valence-electron chi connectivity index (χ0n) is 20.3. The number of rotatable bonds is 4. The van der Waals surface area contributed by atoms with E-state index >= 15 is 0 Å². The molecule has 3 aromatic heterocycles. The van der Waals surface area contributed by atoms with Gasteiger partial charge >= 0.3 is 0 Å². The standard InChI is InChI=1S/C26H26N6O4S/c1-31-16-29-25-22(31)3-2-8-32(25)24-7-6-18-13-27-20(12-21(18)30-24)14-28-26(33)17-4-5-19-15-36-9-10-37(34,35)23(19)11-17/h4-7,11-13,16H,2-3,8-10,14-15H2,1H3,(H,28,33). The molecule has 10 nitrogen and oxygen atoms in total. The fourth-order valence-corrected chi connectivity index (χ4v) is 6.21. The summed E-state index contributed by atoms with van der Waals surface area (Å²) in [6.07, 6.45) is 5.59. The van der Waals surface area contributed by atoms with Crippen LogP contribution in [0.4, 0.5) is 11.6 Å². The predicted octanol–water partition coefficient (Wildman–Crippen LogP) is 2.68. The second-order valence-electron chi connectivity index (χ2n) is 9.30. The number of imidazole rings is 1. The average molecular weight is 519 g/mol. The van der Waals surface area contributed by atoms with Crippen LogP contribution < -0.4 is 10.2 Å². The largest absolute Gasteiger partial charge is 0.376 e. The molecular weight excluding hydrogens is 492 g/mol. The van der Waals surface area contributed by atoms with Crippen molar-refractivity contribution >= 4 is 38.3 Å². The Hall–Kier alpha value is -3.83. The minimum atomic E-state index is -3.49. The van der Waals surface area contributed by atoms with E-state index in [1.54, 1.807) is 18.3 Å². The maximum atomic E-state index is 12.8. The van der Waals surface area contributed by atoms with Crippen LogP contribution in [0, 0.1) is 0 Å². The molecule has 1 aromatic carbocycles. The van der Waals surface area contributed by atoms with Crippen molar-refractivity contribution in [2.24, 2.45) is 7.05 Å². The van der Waals surface area contributed by atoms with E-state index in [0.29, 0.717) is 11.3 Å². The van der Waals surface area contributed by atoms with E-state index < -0.39 is 9.84 Å². The monoisotopic (exact) mass is 518 g/mol. The van der Waals surface area contributed by atoms with E-state index in [1.165, 1.54) is 11.8 Å². The molecule has 4 aromatic rings. The number of carbonyl (C=O) groups excluding carboxylic acids is 1. The fraction of sp³-hybridized carbons (Fsp3) is 0.308. The van der Waals surface area contributed by atoms with Crippen molar-refractivity contribution in [2.45, 2.75) is 30.9 Å². The number of amides is 1. The molecule has 0 aliphatic carbocycles. The Bertz CT molecular complexity index is 1630. The number of nitrogens with one attached hydrogen (secondary N) is 1. The molecule has 0 saturated carbocycles. The van der Waals surface area contributed by atoms with Gasteiger partial charge < -0.3 is 19.5 Å². The third-order valence-corrected chi connectivity index (χ3v) is 8.58. The van der Waals surface area contributed by atoms with Gasteiger partial charge in [-0.3, -0.25) is 9.78 Å². The summed E-state index contributed by atoms with van der Waals surface area (Å²) in [4.78, 5) is 29.1. The number of ether oxygens (including phenoxy) is 1.